The van der Waals surface area contributed by atoms with Gasteiger partial charge in [-0.15, -0.1) is 0 Å². The molecule has 0 spiro atoms. The highest BCUT2D eigenvalue weighted by atomic mass is 32.2. The van der Waals surface area contributed by atoms with Crippen molar-refractivity contribution in [2.24, 2.45) is 11.1 Å². The second-order valence-electron chi connectivity index (χ2n) is 4.56. The number of esters is 1. The van der Waals surface area contributed by atoms with Crippen LogP contribution in [0.1, 0.15) is 23.2 Å². The smallest absolute Gasteiger partial charge is 0.338 e. The van der Waals surface area contributed by atoms with Gasteiger partial charge in [0.1, 0.15) is 0 Å². The maximum atomic E-state index is 11.8. The van der Waals surface area contributed by atoms with E-state index in [1.807, 2.05) is 0 Å². The zero-order valence-electron chi connectivity index (χ0n) is 10.3. The molecular weight excluding hydrogens is 288 g/mol. The number of nitrogens with two attached hydrogens (primary N) is 1. The van der Waals surface area contributed by atoms with E-state index in [1.165, 1.54) is 0 Å². The summed E-state index contributed by atoms with van der Waals surface area (Å²) >= 11 is 0. The number of primary sulfonamides is 1. The third-order valence-electron chi connectivity index (χ3n) is 2.81. The van der Waals surface area contributed by atoms with Crippen molar-refractivity contribution in [1.29, 1.82) is 0 Å². The van der Waals surface area contributed by atoms with Gasteiger partial charge in [-0.2, -0.15) is 0 Å². The predicted octanol–water partition coefficient (Wildman–Crippen LogP) is 0.809. The van der Waals surface area contributed by atoms with Crippen LogP contribution in [0.25, 0.3) is 0 Å². The summed E-state index contributed by atoms with van der Waals surface area (Å²) in [5.74, 6) is -0.471. The minimum Gasteiger partial charge on any atom is -0.462 e. The number of sulfonamides is 1. The van der Waals surface area contributed by atoms with Crippen molar-refractivity contribution < 1.29 is 22.9 Å². The summed E-state index contributed by atoms with van der Waals surface area (Å²) in [6, 6.07) is 2.73. The lowest BCUT2D eigenvalue weighted by molar-refractivity contribution is -0.385. The number of non-ortho nitro benzene ring substituents is 1. The number of hydrogen-bond donors (Lipinski definition) is 1. The Kier molecular flexibility index (Phi) is 3.73. The number of nitro benzene ring substituents is 1. The first kappa shape index (κ1) is 14.4. The molecule has 0 saturated heterocycles. The summed E-state index contributed by atoms with van der Waals surface area (Å²) < 4.78 is 27.5. The standard InChI is InChI=1S/C11H12N2O6S/c12-20(17,18)10-4-8(3-9(5-10)13(15)16)11(14)19-6-7-1-2-7/h3-5,7H,1-2,6H2,(H2,12,17,18). The Morgan fingerprint density at radius 1 is 1.40 bits per heavy atom. The lowest BCUT2D eigenvalue weighted by atomic mass is 10.2. The van der Waals surface area contributed by atoms with Gasteiger partial charge in [-0.05, 0) is 24.8 Å². The first-order valence-electron chi connectivity index (χ1n) is 5.77. The molecular formula is C11H12N2O6S. The van der Waals surface area contributed by atoms with Gasteiger partial charge < -0.3 is 4.74 Å². The number of nitrogens with zero attached hydrogens (tertiary/aromatic N) is 1. The van der Waals surface area contributed by atoms with Crippen LogP contribution in [-0.4, -0.2) is 25.9 Å². The maximum absolute atomic E-state index is 11.8. The van der Waals surface area contributed by atoms with E-state index in [9.17, 15) is 23.3 Å². The molecule has 0 radical (unpaired) electrons. The average molecular weight is 300 g/mol. The molecule has 1 aromatic carbocycles. The molecule has 0 aromatic heterocycles. The molecule has 1 saturated carbocycles. The second-order valence-corrected chi connectivity index (χ2v) is 6.12. The first-order chi connectivity index (χ1) is 9.27. The van der Waals surface area contributed by atoms with E-state index in [0.717, 1.165) is 31.0 Å². The fourth-order valence-corrected chi connectivity index (χ4v) is 2.11. The Hall–Kier alpha value is -2.00. The van der Waals surface area contributed by atoms with Crippen molar-refractivity contribution >= 4 is 21.7 Å². The van der Waals surface area contributed by atoms with Crippen LogP contribution in [0.3, 0.4) is 0 Å². The predicted molar refractivity (Wildman–Crippen MR) is 67.5 cm³/mol. The zero-order chi connectivity index (χ0) is 14.9. The lowest BCUT2D eigenvalue weighted by Crippen LogP contribution is -2.15. The number of hydrogen-bond acceptors (Lipinski definition) is 6. The molecule has 0 heterocycles. The minimum atomic E-state index is -4.15. The third-order valence-corrected chi connectivity index (χ3v) is 3.71. The van der Waals surface area contributed by atoms with Crippen molar-refractivity contribution in [3.8, 4) is 0 Å². The molecule has 0 unspecified atom stereocenters. The number of nitro groups is 1. The zero-order valence-corrected chi connectivity index (χ0v) is 11.1. The molecule has 0 bridgehead atoms. The van der Waals surface area contributed by atoms with Gasteiger partial charge in [-0.1, -0.05) is 0 Å². The topological polar surface area (TPSA) is 130 Å². The van der Waals surface area contributed by atoms with E-state index < -0.39 is 31.5 Å². The van der Waals surface area contributed by atoms with Gasteiger partial charge in [-0.3, -0.25) is 10.1 Å². The molecule has 8 nitrogen and oxygen atoms in total. The molecule has 9 heteroatoms. The Morgan fingerprint density at radius 3 is 2.55 bits per heavy atom. The summed E-state index contributed by atoms with van der Waals surface area (Å²) in [6.45, 7) is 0.228. The SMILES string of the molecule is NS(=O)(=O)c1cc(C(=O)OCC2CC2)cc([N+](=O)[O-])c1. The molecule has 108 valence electrons. The fraction of sp³-hybridized carbons (Fsp3) is 0.364. The molecule has 1 aliphatic rings. The third kappa shape index (κ3) is 3.52. The van der Waals surface area contributed by atoms with Gasteiger partial charge >= 0.3 is 5.97 Å². The molecule has 20 heavy (non-hydrogen) atoms. The van der Waals surface area contributed by atoms with Crippen LogP contribution in [-0.2, 0) is 14.8 Å². The van der Waals surface area contributed by atoms with Crippen molar-refractivity contribution in [2.45, 2.75) is 17.7 Å². The molecule has 1 aliphatic carbocycles. The van der Waals surface area contributed by atoms with E-state index in [0.29, 0.717) is 5.92 Å². The highest BCUT2D eigenvalue weighted by molar-refractivity contribution is 7.89. The number of benzene rings is 1. The van der Waals surface area contributed by atoms with Gasteiger partial charge in [0.25, 0.3) is 5.69 Å². The maximum Gasteiger partial charge on any atom is 0.338 e. The van der Waals surface area contributed by atoms with Crippen LogP contribution in [0.5, 0.6) is 0 Å². The lowest BCUT2D eigenvalue weighted by Gasteiger charge is -2.05. The van der Waals surface area contributed by atoms with Gasteiger partial charge in [0.15, 0.2) is 0 Å². The molecule has 1 aromatic rings. The molecule has 0 atom stereocenters. The van der Waals surface area contributed by atoms with Crippen LogP contribution in [0.4, 0.5) is 5.69 Å². The number of rotatable bonds is 5. The first-order valence-corrected chi connectivity index (χ1v) is 7.31. The van der Waals surface area contributed by atoms with E-state index >= 15 is 0 Å². The quantitative estimate of drug-likeness (QED) is 0.486. The normalized spacial score (nSPS) is 14.8. The Bertz CT molecular complexity index is 665. The Balaban J connectivity index is 2.32. The van der Waals surface area contributed by atoms with Crippen molar-refractivity contribution in [1.82, 2.24) is 0 Å². The van der Waals surface area contributed by atoms with E-state index in [2.05, 4.69) is 0 Å². The van der Waals surface area contributed by atoms with Crippen LogP contribution < -0.4 is 5.14 Å². The van der Waals surface area contributed by atoms with Gasteiger partial charge in [-0.25, -0.2) is 18.4 Å². The molecule has 0 amide bonds. The van der Waals surface area contributed by atoms with Crippen LogP contribution in [0.2, 0.25) is 0 Å². The summed E-state index contributed by atoms with van der Waals surface area (Å²) in [5.41, 5.74) is -0.737. The van der Waals surface area contributed by atoms with Crippen molar-refractivity contribution in [2.75, 3.05) is 6.61 Å². The van der Waals surface area contributed by atoms with Crippen LogP contribution in [0.15, 0.2) is 23.1 Å². The fourth-order valence-electron chi connectivity index (χ4n) is 1.53. The Morgan fingerprint density at radius 2 is 2.05 bits per heavy atom. The monoisotopic (exact) mass is 300 g/mol. The summed E-state index contributed by atoms with van der Waals surface area (Å²) in [4.78, 5) is 21.2. The second kappa shape index (κ2) is 5.17. The summed E-state index contributed by atoms with van der Waals surface area (Å²) in [6.07, 6.45) is 1.95. The van der Waals surface area contributed by atoms with Crippen molar-refractivity contribution in [3.63, 3.8) is 0 Å². The van der Waals surface area contributed by atoms with Crippen molar-refractivity contribution in [3.05, 3.63) is 33.9 Å². The molecule has 2 N–H and O–H groups in total. The van der Waals surface area contributed by atoms with Gasteiger partial charge in [0.05, 0.1) is 22.0 Å². The van der Waals surface area contributed by atoms with Crippen LogP contribution >= 0.6 is 0 Å². The molecule has 0 aliphatic heterocycles. The average Bonchev–Trinajstić information content (AvgIpc) is 3.18. The molecule has 1 fully saturated rings. The summed E-state index contributed by atoms with van der Waals surface area (Å²) in [7, 11) is -4.15. The Labute approximate surface area is 114 Å². The number of ether oxygens (including phenoxy) is 1. The van der Waals surface area contributed by atoms with E-state index in [-0.39, 0.29) is 12.2 Å². The number of carbonyl (C=O) groups is 1. The molecule has 2 rings (SSSR count). The largest absolute Gasteiger partial charge is 0.462 e. The van der Waals surface area contributed by atoms with E-state index in [4.69, 9.17) is 9.88 Å². The summed E-state index contributed by atoms with van der Waals surface area (Å²) in [5, 5.41) is 15.7. The van der Waals surface area contributed by atoms with E-state index in [1.54, 1.807) is 0 Å². The highest BCUT2D eigenvalue weighted by Crippen LogP contribution is 2.29. The van der Waals surface area contributed by atoms with Gasteiger partial charge in [0, 0.05) is 12.1 Å². The highest BCUT2D eigenvalue weighted by Gasteiger charge is 2.25. The van der Waals surface area contributed by atoms with Gasteiger partial charge in [0.2, 0.25) is 10.0 Å². The van der Waals surface area contributed by atoms with Crippen LogP contribution in [0, 0.1) is 16.0 Å². The minimum absolute atomic E-state index is 0.205. The number of carbonyl (C=O) groups excluding carboxylic acids is 1.